The second kappa shape index (κ2) is 8.41. The fourth-order valence-electron chi connectivity index (χ4n) is 2.80. The average molecular weight is 394 g/mol. The number of benzene rings is 2. The molecule has 2 aromatic carbocycles. The number of sulfonamides is 1. The van der Waals surface area contributed by atoms with Crippen molar-refractivity contribution >= 4 is 39.5 Å². The number of rotatable bonds is 4. The Morgan fingerprint density at radius 1 is 1.04 bits per heavy atom. The SMILES string of the molecule is O=S(=O)(C=Cc1ccccc1)N1CCSC(c2ccccc2Cl)CC1. The Bertz CT molecular complexity index is 838. The summed E-state index contributed by atoms with van der Waals surface area (Å²) in [6.07, 6.45) is 2.41. The molecule has 1 fully saturated rings. The van der Waals surface area contributed by atoms with Crippen molar-refractivity contribution in [3.05, 3.63) is 76.2 Å². The van der Waals surface area contributed by atoms with Crippen molar-refractivity contribution < 1.29 is 8.42 Å². The van der Waals surface area contributed by atoms with Crippen LogP contribution in [-0.2, 0) is 10.0 Å². The molecule has 1 atom stereocenters. The van der Waals surface area contributed by atoms with Crippen molar-refractivity contribution in [3.63, 3.8) is 0 Å². The molecule has 2 aromatic rings. The lowest BCUT2D eigenvalue weighted by molar-refractivity contribution is 0.435. The van der Waals surface area contributed by atoms with Crippen molar-refractivity contribution in [1.29, 1.82) is 0 Å². The molecule has 0 N–H and O–H groups in total. The molecule has 3 rings (SSSR count). The molecular formula is C19H20ClNO2S2. The summed E-state index contributed by atoms with van der Waals surface area (Å²) < 4.78 is 26.8. The smallest absolute Gasteiger partial charge is 0.208 e. The Kier molecular flexibility index (Phi) is 6.23. The van der Waals surface area contributed by atoms with Crippen LogP contribution in [0.3, 0.4) is 0 Å². The first-order valence-electron chi connectivity index (χ1n) is 8.15. The van der Waals surface area contributed by atoms with Gasteiger partial charge < -0.3 is 0 Å². The number of hydrogen-bond acceptors (Lipinski definition) is 3. The zero-order valence-electron chi connectivity index (χ0n) is 13.7. The minimum atomic E-state index is -3.41. The molecule has 0 spiro atoms. The van der Waals surface area contributed by atoms with Gasteiger partial charge in [-0.2, -0.15) is 16.1 Å². The lowest BCUT2D eigenvalue weighted by atomic mass is 10.1. The van der Waals surface area contributed by atoms with E-state index >= 15 is 0 Å². The topological polar surface area (TPSA) is 37.4 Å². The summed E-state index contributed by atoms with van der Waals surface area (Å²) in [5, 5.41) is 2.29. The third-order valence-electron chi connectivity index (χ3n) is 4.14. The van der Waals surface area contributed by atoms with E-state index in [1.807, 2.05) is 54.6 Å². The molecule has 1 aliphatic heterocycles. The monoisotopic (exact) mass is 393 g/mol. The van der Waals surface area contributed by atoms with Crippen LogP contribution in [0.15, 0.2) is 60.0 Å². The van der Waals surface area contributed by atoms with Crippen LogP contribution in [0.1, 0.15) is 22.8 Å². The number of nitrogens with zero attached hydrogens (tertiary/aromatic N) is 1. The summed E-state index contributed by atoms with van der Waals surface area (Å²) in [6.45, 7) is 1.03. The molecule has 0 aromatic heterocycles. The summed E-state index contributed by atoms with van der Waals surface area (Å²) in [7, 11) is -3.41. The lowest BCUT2D eigenvalue weighted by Crippen LogP contribution is -2.31. The first kappa shape index (κ1) is 18.5. The Morgan fingerprint density at radius 2 is 1.76 bits per heavy atom. The van der Waals surface area contributed by atoms with Crippen LogP contribution in [0.25, 0.3) is 6.08 Å². The highest BCUT2D eigenvalue weighted by atomic mass is 35.5. The fraction of sp³-hybridized carbons (Fsp3) is 0.263. The van der Waals surface area contributed by atoms with Crippen LogP contribution in [-0.4, -0.2) is 31.6 Å². The zero-order valence-corrected chi connectivity index (χ0v) is 16.1. The van der Waals surface area contributed by atoms with Gasteiger partial charge in [0.1, 0.15) is 0 Å². The molecule has 1 unspecified atom stereocenters. The van der Waals surface area contributed by atoms with E-state index in [9.17, 15) is 8.42 Å². The number of halogens is 1. The van der Waals surface area contributed by atoms with Crippen molar-refractivity contribution in [1.82, 2.24) is 4.31 Å². The summed E-state index contributed by atoms with van der Waals surface area (Å²) >= 11 is 8.07. The molecule has 132 valence electrons. The Hall–Kier alpha value is -1.27. The van der Waals surface area contributed by atoms with Gasteiger partial charge in [-0.3, -0.25) is 0 Å². The van der Waals surface area contributed by atoms with Crippen molar-refractivity contribution in [2.75, 3.05) is 18.8 Å². The molecule has 6 heteroatoms. The van der Waals surface area contributed by atoms with E-state index in [-0.39, 0.29) is 5.25 Å². The van der Waals surface area contributed by atoms with Gasteiger partial charge in [0.15, 0.2) is 0 Å². The summed E-state index contributed by atoms with van der Waals surface area (Å²) in [6, 6.07) is 17.3. The highest BCUT2D eigenvalue weighted by Crippen LogP contribution is 2.38. The molecule has 25 heavy (non-hydrogen) atoms. The molecular weight excluding hydrogens is 374 g/mol. The van der Waals surface area contributed by atoms with Gasteiger partial charge in [-0.15, -0.1) is 0 Å². The minimum absolute atomic E-state index is 0.229. The van der Waals surface area contributed by atoms with E-state index in [1.165, 1.54) is 5.41 Å². The zero-order chi connectivity index (χ0) is 17.7. The van der Waals surface area contributed by atoms with Crippen molar-refractivity contribution in [2.45, 2.75) is 11.7 Å². The van der Waals surface area contributed by atoms with Crippen LogP contribution in [0.5, 0.6) is 0 Å². The first-order chi connectivity index (χ1) is 12.1. The molecule has 1 heterocycles. The molecule has 1 saturated heterocycles. The van der Waals surface area contributed by atoms with E-state index in [4.69, 9.17) is 11.6 Å². The number of thioether (sulfide) groups is 1. The summed E-state index contributed by atoms with van der Waals surface area (Å²) in [4.78, 5) is 0. The predicted molar refractivity (Wildman–Crippen MR) is 107 cm³/mol. The molecule has 0 aliphatic carbocycles. The lowest BCUT2D eigenvalue weighted by Gasteiger charge is -2.18. The van der Waals surface area contributed by atoms with Gasteiger partial charge in [0.25, 0.3) is 0 Å². The van der Waals surface area contributed by atoms with E-state index in [1.54, 1.807) is 22.1 Å². The summed E-state index contributed by atoms with van der Waals surface area (Å²) in [5.74, 6) is 0.758. The summed E-state index contributed by atoms with van der Waals surface area (Å²) in [5.41, 5.74) is 1.97. The average Bonchev–Trinajstić information content (AvgIpc) is 2.88. The maximum absolute atomic E-state index is 12.6. The standard InChI is InChI=1S/C19H20ClNO2S2/c20-18-9-5-4-8-17(18)19-10-12-21(13-14-24-19)25(22,23)15-11-16-6-2-1-3-7-16/h1-9,11,15,19H,10,12-14H2. The van der Waals surface area contributed by atoms with Crippen LogP contribution >= 0.6 is 23.4 Å². The van der Waals surface area contributed by atoms with Gasteiger partial charge in [0, 0.05) is 34.5 Å². The molecule has 0 amide bonds. The third-order valence-corrected chi connectivity index (χ3v) is 7.36. The van der Waals surface area contributed by atoms with Crippen molar-refractivity contribution in [2.24, 2.45) is 0 Å². The van der Waals surface area contributed by atoms with Crippen LogP contribution in [0, 0.1) is 0 Å². The normalized spacial score (nSPS) is 19.8. The predicted octanol–water partition coefficient (Wildman–Crippen LogP) is 4.82. The maximum atomic E-state index is 12.6. The van der Waals surface area contributed by atoms with Gasteiger partial charge in [0.05, 0.1) is 0 Å². The minimum Gasteiger partial charge on any atom is -0.208 e. The fourth-order valence-corrected chi connectivity index (χ4v) is 5.73. The Morgan fingerprint density at radius 3 is 2.52 bits per heavy atom. The number of hydrogen-bond donors (Lipinski definition) is 0. The van der Waals surface area contributed by atoms with E-state index < -0.39 is 10.0 Å². The third kappa shape index (κ3) is 4.88. The second-order valence-electron chi connectivity index (χ2n) is 5.83. The van der Waals surface area contributed by atoms with E-state index in [0.29, 0.717) is 13.1 Å². The first-order valence-corrected chi connectivity index (χ1v) is 11.1. The van der Waals surface area contributed by atoms with Gasteiger partial charge in [-0.25, -0.2) is 8.42 Å². The van der Waals surface area contributed by atoms with Gasteiger partial charge in [-0.05, 0) is 29.7 Å². The van der Waals surface area contributed by atoms with Gasteiger partial charge in [0.2, 0.25) is 10.0 Å². The van der Waals surface area contributed by atoms with Crippen LogP contribution in [0.2, 0.25) is 5.02 Å². The molecule has 0 saturated carbocycles. The Labute approximate surface area is 158 Å². The quantitative estimate of drug-likeness (QED) is 0.747. The molecule has 0 bridgehead atoms. The van der Waals surface area contributed by atoms with Gasteiger partial charge >= 0.3 is 0 Å². The van der Waals surface area contributed by atoms with Crippen LogP contribution in [0.4, 0.5) is 0 Å². The van der Waals surface area contributed by atoms with Crippen LogP contribution < -0.4 is 0 Å². The molecule has 0 radical (unpaired) electrons. The molecule has 3 nitrogen and oxygen atoms in total. The highest BCUT2D eigenvalue weighted by molar-refractivity contribution is 7.99. The van der Waals surface area contributed by atoms with E-state index in [2.05, 4.69) is 0 Å². The van der Waals surface area contributed by atoms with Gasteiger partial charge in [-0.1, -0.05) is 60.1 Å². The van der Waals surface area contributed by atoms with E-state index in [0.717, 1.165) is 28.3 Å². The van der Waals surface area contributed by atoms with Crippen molar-refractivity contribution in [3.8, 4) is 0 Å². The second-order valence-corrected chi connectivity index (χ2v) is 9.36. The Balaban J connectivity index is 1.70. The molecule has 1 aliphatic rings. The maximum Gasteiger partial charge on any atom is 0.236 e. The largest absolute Gasteiger partial charge is 0.236 e. The highest BCUT2D eigenvalue weighted by Gasteiger charge is 2.26.